The van der Waals surface area contributed by atoms with Crippen molar-refractivity contribution in [2.45, 2.75) is 102 Å². The highest BCUT2D eigenvalue weighted by atomic mass is 16.7. The highest BCUT2D eigenvalue weighted by molar-refractivity contribution is 5.01. The van der Waals surface area contributed by atoms with Crippen molar-refractivity contribution >= 4 is 0 Å². The van der Waals surface area contributed by atoms with Gasteiger partial charge >= 0.3 is 0 Å². The van der Waals surface area contributed by atoms with Crippen LogP contribution in [0.15, 0.2) is 12.2 Å². The molecule has 164 valence electrons. The Kier molecular flexibility index (Phi) is 11.6. The zero-order valence-corrected chi connectivity index (χ0v) is 17.6. The average Bonchev–Trinajstić information content (AvgIpc) is 2.71. The second-order valence-electron chi connectivity index (χ2n) is 7.95. The Morgan fingerprint density at radius 1 is 1.18 bits per heavy atom. The van der Waals surface area contributed by atoms with E-state index in [0.29, 0.717) is 12.8 Å². The molecule has 2 rings (SSSR count). The summed E-state index contributed by atoms with van der Waals surface area (Å²) in [4.78, 5) is 0. The maximum Gasteiger partial charge on any atom is 0.160 e. The number of hydrogen-bond donors (Lipinski definition) is 2. The van der Waals surface area contributed by atoms with Gasteiger partial charge in [0.15, 0.2) is 12.6 Å². The van der Waals surface area contributed by atoms with Gasteiger partial charge in [-0.1, -0.05) is 38.3 Å². The summed E-state index contributed by atoms with van der Waals surface area (Å²) in [7, 11) is 1.60. The largest absolute Gasteiger partial charge is 0.396 e. The summed E-state index contributed by atoms with van der Waals surface area (Å²) in [6.07, 6.45) is 12.3. The van der Waals surface area contributed by atoms with Crippen LogP contribution >= 0.6 is 0 Å². The SMILES string of the molecule is CCCCC[C@@H](C=C[C@@H]1O[C@@H](OC)C[C@@H](O)[C@@H]1CCCO)OC1CCCCO1. The molecule has 0 aromatic heterocycles. The molecule has 6 nitrogen and oxygen atoms in total. The molecule has 0 radical (unpaired) electrons. The molecule has 1 unspecified atom stereocenters. The molecular weight excluding hydrogens is 360 g/mol. The minimum atomic E-state index is -0.499. The molecule has 6 atom stereocenters. The van der Waals surface area contributed by atoms with Gasteiger partial charge in [0.05, 0.1) is 18.3 Å². The Morgan fingerprint density at radius 2 is 2.04 bits per heavy atom. The van der Waals surface area contributed by atoms with Crippen LogP contribution in [-0.4, -0.2) is 61.4 Å². The van der Waals surface area contributed by atoms with E-state index in [2.05, 4.69) is 13.0 Å². The van der Waals surface area contributed by atoms with E-state index in [1.807, 2.05) is 6.08 Å². The molecule has 2 heterocycles. The third-order valence-corrected chi connectivity index (χ3v) is 5.69. The molecule has 2 saturated heterocycles. The molecule has 0 aromatic carbocycles. The molecule has 2 aliphatic heterocycles. The van der Waals surface area contributed by atoms with Crippen LogP contribution in [0, 0.1) is 5.92 Å². The summed E-state index contributed by atoms with van der Waals surface area (Å²) >= 11 is 0. The summed E-state index contributed by atoms with van der Waals surface area (Å²) in [6.45, 7) is 3.09. The Bertz CT molecular complexity index is 423. The first-order valence-electron chi connectivity index (χ1n) is 11.1. The van der Waals surface area contributed by atoms with Gasteiger partial charge < -0.3 is 29.2 Å². The number of aliphatic hydroxyl groups excluding tert-OH is 2. The zero-order valence-electron chi connectivity index (χ0n) is 17.6. The Balaban J connectivity index is 2.01. The van der Waals surface area contributed by atoms with Crippen molar-refractivity contribution in [3.63, 3.8) is 0 Å². The third kappa shape index (κ3) is 8.09. The topological polar surface area (TPSA) is 77.4 Å². The van der Waals surface area contributed by atoms with E-state index in [1.54, 1.807) is 7.11 Å². The van der Waals surface area contributed by atoms with E-state index in [9.17, 15) is 10.2 Å². The van der Waals surface area contributed by atoms with Crippen LogP contribution in [-0.2, 0) is 18.9 Å². The summed E-state index contributed by atoms with van der Waals surface area (Å²) in [5, 5.41) is 19.7. The van der Waals surface area contributed by atoms with E-state index in [-0.39, 0.29) is 31.0 Å². The van der Waals surface area contributed by atoms with Crippen LogP contribution in [0.5, 0.6) is 0 Å². The van der Waals surface area contributed by atoms with E-state index < -0.39 is 12.4 Å². The summed E-state index contributed by atoms with van der Waals surface area (Å²) in [5.74, 6) is -0.0444. The summed E-state index contributed by atoms with van der Waals surface area (Å²) < 4.78 is 23.4. The lowest BCUT2D eigenvalue weighted by atomic mass is 9.86. The van der Waals surface area contributed by atoms with Crippen LogP contribution in [0.2, 0.25) is 0 Å². The highest BCUT2D eigenvalue weighted by Crippen LogP contribution is 2.31. The lowest BCUT2D eigenvalue weighted by Crippen LogP contribution is -2.44. The fraction of sp³-hybridized carbons (Fsp3) is 0.909. The quantitative estimate of drug-likeness (QED) is 0.385. The smallest absolute Gasteiger partial charge is 0.160 e. The highest BCUT2D eigenvalue weighted by Gasteiger charge is 2.36. The van der Waals surface area contributed by atoms with Gasteiger partial charge in [-0.25, -0.2) is 0 Å². The zero-order chi connectivity index (χ0) is 20.2. The molecule has 0 aromatic rings. The minimum Gasteiger partial charge on any atom is -0.396 e. The average molecular weight is 401 g/mol. The van der Waals surface area contributed by atoms with E-state index in [4.69, 9.17) is 18.9 Å². The van der Waals surface area contributed by atoms with Crippen molar-refractivity contribution < 1.29 is 29.2 Å². The monoisotopic (exact) mass is 400 g/mol. The molecule has 2 fully saturated rings. The lowest BCUT2D eigenvalue weighted by Gasteiger charge is -2.38. The van der Waals surface area contributed by atoms with Crippen molar-refractivity contribution in [3.05, 3.63) is 12.2 Å². The Morgan fingerprint density at radius 3 is 2.71 bits per heavy atom. The first-order chi connectivity index (χ1) is 13.7. The Labute approximate surface area is 170 Å². The second-order valence-corrected chi connectivity index (χ2v) is 7.95. The molecule has 0 amide bonds. The first-order valence-corrected chi connectivity index (χ1v) is 11.1. The number of methoxy groups -OCH3 is 1. The fourth-order valence-corrected chi connectivity index (χ4v) is 4.00. The normalized spacial score (nSPS) is 32.6. The number of hydrogen-bond acceptors (Lipinski definition) is 6. The van der Waals surface area contributed by atoms with Crippen molar-refractivity contribution in [3.8, 4) is 0 Å². The molecule has 0 bridgehead atoms. The van der Waals surface area contributed by atoms with Gasteiger partial charge in [-0.05, 0) is 38.5 Å². The fourth-order valence-electron chi connectivity index (χ4n) is 4.00. The molecular formula is C22H40O6. The van der Waals surface area contributed by atoms with Gasteiger partial charge in [0.2, 0.25) is 0 Å². The molecule has 2 aliphatic rings. The van der Waals surface area contributed by atoms with Gasteiger partial charge in [-0.15, -0.1) is 0 Å². The van der Waals surface area contributed by atoms with Crippen LogP contribution in [0.3, 0.4) is 0 Å². The van der Waals surface area contributed by atoms with Gasteiger partial charge in [-0.2, -0.15) is 0 Å². The predicted octanol–water partition coefficient (Wildman–Crippen LogP) is 3.55. The summed E-state index contributed by atoms with van der Waals surface area (Å²) in [5.41, 5.74) is 0. The predicted molar refractivity (Wildman–Crippen MR) is 108 cm³/mol. The van der Waals surface area contributed by atoms with E-state index in [0.717, 1.165) is 45.1 Å². The number of rotatable bonds is 12. The standard InChI is InChI=1S/C22H40O6/c1-3-4-5-9-17(27-21-11-6-7-15-26-21)12-13-20-18(10-8-14-23)19(24)16-22(25-2)28-20/h12-13,17-24H,3-11,14-16H2,1-2H3/t17-,18-,19+,20-,21?,22+/m0/s1. The number of ether oxygens (including phenoxy) is 4. The van der Waals surface area contributed by atoms with Crippen molar-refractivity contribution in [2.24, 2.45) is 5.92 Å². The molecule has 0 aliphatic carbocycles. The number of unbranched alkanes of at least 4 members (excludes halogenated alkanes) is 2. The van der Waals surface area contributed by atoms with Crippen molar-refractivity contribution in [2.75, 3.05) is 20.3 Å². The van der Waals surface area contributed by atoms with E-state index in [1.165, 1.54) is 12.8 Å². The first kappa shape index (κ1) is 23.8. The maximum absolute atomic E-state index is 10.5. The Hall–Kier alpha value is -0.500. The molecule has 2 N–H and O–H groups in total. The molecule has 28 heavy (non-hydrogen) atoms. The van der Waals surface area contributed by atoms with Crippen LogP contribution in [0.4, 0.5) is 0 Å². The maximum atomic E-state index is 10.5. The van der Waals surface area contributed by atoms with Gasteiger partial charge in [0, 0.05) is 32.7 Å². The van der Waals surface area contributed by atoms with Crippen molar-refractivity contribution in [1.29, 1.82) is 0 Å². The van der Waals surface area contributed by atoms with Crippen LogP contribution in [0.25, 0.3) is 0 Å². The third-order valence-electron chi connectivity index (χ3n) is 5.69. The molecule has 0 saturated carbocycles. The van der Waals surface area contributed by atoms with Gasteiger partial charge in [0.25, 0.3) is 0 Å². The molecule has 6 heteroatoms. The minimum absolute atomic E-state index is 0.0168. The van der Waals surface area contributed by atoms with Crippen molar-refractivity contribution in [1.82, 2.24) is 0 Å². The van der Waals surface area contributed by atoms with Gasteiger partial charge in [0.1, 0.15) is 0 Å². The van der Waals surface area contributed by atoms with E-state index >= 15 is 0 Å². The lowest BCUT2D eigenvalue weighted by molar-refractivity contribution is -0.215. The van der Waals surface area contributed by atoms with Crippen LogP contribution in [0.1, 0.15) is 71.1 Å². The molecule has 0 spiro atoms. The van der Waals surface area contributed by atoms with Gasteiger partial charge in [-0.3, -0.25) is 0 Å². The summed E-state index contributed by atoms with van der Waals surface area (Å²) in [6, 6.07) is 0. The van der Waals surface area contributed by atoms with Crippen LogP contribution < -0.4 is 0 Å². The second kappa shape index (κ2) is 13.7. The number of aliphatic hydroxyl groups is 2.